The first-order valence-corrected chi connectivity index (χ1v) is 5.65. The third-order valence-electron chi connectivity index (χ3n) is 1.98. The zero-order valence-electron chi connectivity index (χ0n) is 8.61. The molecule has 0 fully saturated rings. The minimum absolute atomic E-state index is 0.112. The summed E-state index contributed by atoms with van der Waals surface area (Å²) in [5, 5.41) is 18.2. The van der Waals surface area contributed by atoms with E-state index >= 15 is 0 Å². The summed E-state index contributed by atoms with van der Waals surface area (Å²) in [4.78, 5) is 0. The minimum atomic E-state index is -0.563. The van der Waals surface area contributed by atoms with E-state index in [1.54, 1.807) is 6.92 Å². The topological polar surface area (TPSA) is 49.7 Å². The molecule has 15 heavy (non-hydrogen) atoms. The monoisotopic (exact) mass is 274 g/mol. The summed E-state index contributed by atoms with van der Waals surface area (Å²) in [6, 6.07) is 5.50. The van der Waals surface area contributed by atoms with Crippen LogP contribution in [0.1, 0.15) is 25.0 Å². The summed E-state index contributed by atoms with van der Waals surface area (Å²) in [6.45, 7) is 2.26. The number of hydrogen-bond donors (Lipinski definition) is 2. The maximum absolute atomic E-state index is 9.54. The second kappa shape index (κ2) is 6.10. The van der Waals surface area contributed by atoms with Gasteiger partial charge in [-0.3, -0.25) is 0 Å². The van der Waals surface area contributed by atoms with Crippen molar-refractivity contribution in [3.63, 3.8) is 0 Å². The van der Waals surface area contributed by atoms with Crippen molar-refractivity contribution in [3.8, 4) is 5.75 Å². The molecule has 1 aromatic carbocycles. The largest absolute Gasteiger partial charge is 0.493 e. The molecular weight excluding hydrogens is 260 g/mol. The Hall–Kier alpha value is -0.580. The molecule has 0 bridgehead atoms. The average Bonchev–Trinajstić information content (AvgIpc) is 2.20. The van der Waals surface area contributed by atoms with Gasteiger partial charge in [-0.05, 0) is 25.1 Å². The lowest BCUT2D eigenvalue weighted by atomic mass is 10.1. The summed E-state index contributed by atoms with van der Waals surface area (Å²) in [6.07, 6.45) is 0.0293. The van der Waals surface area contributed by atoms with Crippen molar-refractivity contribution in [2.24, 2.45) is 0 Å². The van der Waals surface area contributed by atoms with Crippen LogP contribution in [0.4, 0.5) is 0 Å². The smallest absolute Gasteiger partial charge is 0.125 e. The minimum Gasteiger partial charge on any atom is -0.493 e. The van der Waals surface area contributed by atoms with Gasteiger partial charge in [0, 0.05) is 23.1 Å². The van der Waals surface area contributed by atoms with E-state index in [0.717, 1.165) is 10.0 Å². The molecular formula is C11H15BrO3. The lowest BCUT2D eigenvalue weighted by Crippen LogP contribution is -2.03. The Morgan fingerprint density at radius 1 is 1.47 bits per heavy atom. The summed E-state index contributed by atoms with van der Waals surface area (Å²) >= 11 is 3.34. The maximum Gasteiger partial charge on any atom is 0.125 e. The molecule has 3 nitrogen and oxygen atoms in total. The molecule has 1 aromatic rings. The second-order valence-corrected chi connectivity index (χ2v) is 4.20. The van der Waals surface area contributed by atoms with Gasteiger partial charge in [0.2, 0.25) is 0 Å². The quantitative estimate of drug-likeness (QED) is 0.810. The van der Waals surface area contributed by atoms with E-state index in [4.69, 9.17) is 9.84 Å². The highest BCUT2D eigenvalue weighted by Crippen LogP contribution is 2.28. The standard InChI is InChI=1S/C11H15BrO3/c1-8(14)10-7-9(12)3-4-11(10)15-6-2-5-13/h3-4,7-8,13-14H,2,5-6H2,1H3. The third kappa shape index (κ3) is 3.81. The zero-order valence-corrected chi connectivity index (χ0v) is 10.2. The molecule has 0 spiro atoms. The van der Waals surface area contributed by atoms with Crippen LogP contribution in [0.3, 0.4) is 0 Å². The van der Waals surface area contributed by atoms with Gasteiger partial charge in [-0.25, -0.2) is 0 Å². The van der Waals surface area contributed by atoms with Crippen LogP contribution in [0.5, 0.6) is 5.75 Å². The van der Waals surface area contributed by atoms with Crippen LogP contribution in [0.25, 0.3) is 0 Å². The van der Waals surface area contributed by atoms with Crippen LogP contribution < -0.4 is 4.74 Å². The van der Waals surface area contributed by atoms with Gasteiger partial charge >= 0.3 is 0 Å². The molecule has 0 amide bonds. The molecule has 4 heteroatoms. The molecule has 1 rings (SSSR count). The van der Waals surface area contributed by atoms with Gasteiger partial charge in [0.15, 0.2) is 0 Å². The molecule has 2 N–H and O–H groups in total. The summed E-state index contributed by atoms with van der Waals surface area (Å²) in [5.41, 5.74) is 0.752. The number of halogens is 1. The van der Waals surface area contributed by atoms with Gasteiger partial charge in [0.25, 0.3) is 0 Å². The van der Waals surface area contributed by atoms with Crippen molar-refractivity contribution in [3.05, 3.63) is 28.2 Å². The van der Waals surface area contributed by atoms with Crippen LogP contribution >= 0.6 is 15.9 Å². The Labute approximate surface area is 97.8 Å². The highest BCUT2D eigenvalue weighted by Gasteiger charge is 2.09. The van der Waals surface area contributed by atoms with Gasteiger partial charge in [-0.2, -0.15) is 0 Å². The molecule has 0 heterocycles. The average molecular weight is 275 g/mol. The van der Waals surface area contributed by atoms with E-state index in [-0.39, 0.29) is 6.61 Å². The van der Waals surface area contributed by atoms with Gasteiger partial charge in [-0.15, -0.1) is 0 Å². The predicted octanol–water partition coefficient (Wildman–Crippen LogP) is 2.26. The molecule has 0 aromatic heterocycles. The molecule has 0 aliphatic rings. The third-order valence-corrected chi connectivity index (χ3v) is 2.48. The molecule has 1 atom stereocenters. The molecule has 0 radical (unpaired) electrons. The van der Waals surface area contributed by atoms with Gasteiger partial charge in [-0.1, -0.05) is 15.9 Å². The lowest BCUT2D eigenvalue weighted by molar-refractivity contribution is 0.187. The van der Waals surface area contributed by atoms with Gasteiger partial charge in [0.05, 0.1) is 12.7 Å². The highest BCUT2D eigenvalue weighted by molar-refractivity contribution is 9.10. The molecule has 0 aliphatic heterocycles. The van der Waals surface area contributed by atoms with E-state index in [0.29, 0.717) is 18.8 Å². The molecule has 0 saturated heterocycles. The van der Waals surface area contributed by atoms with Crippen molar-refractivity contribution in [1.29, 1.82) is 0 Å². The van der Waals surface area contributed by atoms with Crippen molar-refractivity contribution >= 4 is 15.9 Å². The first-order chi connectivity index (χ1) is 7.15. The van der Waals surface area contributed by atoms with Crippen LogP contribution in [0.15, 0.2) is 22.7 Å². The van der Waals surface area contributed by atoms with Crippen molar-refractivity contribution in [1.82, 2.24) is 0 Å². The predicted molar refractivity (Wildman–Crippen MR) is 62.0 cm³/mol. The van der Waals surface area contributed by atoms with E-state index in [2.05, 4.69) is 15.9 Å². The number of aliphatic hydroxyl groups is 2. The summed E-state index contributed by atoms with van der Waals surface area (Å²) in [7, 11) is 0. The fourth-order valence-corrected chi connectivity index (χ4v) is 1.60. The summed E-state index contributed by atoms with van der Waals surface area (Å²) in [5.74, 6) is 0.668. The van der Waals surface area contributed by atoms with Crippen LogP contribution in [-0.4, -0.2) is 23.4 Å². The number of benzene rings is 1. The number of hydrogen-bond acceptors (Lipinski definition) is 3. The molecule has 0 saturated carbocycles. The molecule has 0 aliphatic carbocycles. The Morgan fingerprint density at radius 3 is 2.80 bits per heavy atom. The van der Waals surface area contributed by atoms with E-state index < -0.39 is 6.10 Å². The zero-order chi connectivity index (χ0) is 11.3. The first kappa shape index (κ1) is 12.5. The van der Waals surface area contributed by atoms with Crippen molar-refractivity contribution in [2.75, 3.05) is 13.2 Å². The van der Waals surface area contributed by atoms with E-state index in [1.807, 2.05) is 18.2 Å². The molecule has 84 valence electrons. The Kier molecular flexibility index (Phi) is 5.08. The van der Waals surface area contributed by atoms with Crippen molar-refractivity contribution in [2.45, 2.75) is 19.4 Å². The number of ether oxygens (including phenoxy) is 1. The normalized spacial score (nSPS) is 12.5. The van der Waals surface area contributed by atoms with Gasteiger partial charge < -0.3 is 14.9 Å². The van der Waals surface area contributed by atoms with E-state index in [1.165, 1.54) is 0 Å². The summed E-state index contributed by atoms with van der Waals surface area (Å²) < 4.78 is 6.36. The van der Waals surface area contributed by atoms with E-state index in [9.17, 15) is 5.11 Å². The fourth-order valence-electron chi connectivity index (χ4n) is 1.22. The Bertz CT molecular complexity index is 313. The Morgan fingerprint density at radius 2 is 2.20 bits per heavy atom. The van der Waals surface area contributed by atoms with Crippen LogP contribution in [0.2, 0.25) is 0 Å². The number of rotatable bonds is 5. The fraction of sp³-hybridized carbons (Fsp3) is 0.455. The number of aliphatic hydroxyl groups excluding tert-OH is 2. The van der Waals surface area contributed by atoms with Gasteiger partial charge in [0.1, 0.15) is 5.75 Å². The van der Waals surface area contributed by atoms with Crippen LogP contribution in [-0.2, 0) is 0 Å². The molecule has 1 unspecified atom stereocenters. The van der Waals surface area contributed by atoms with Crippen LogP contribution in [0, 0.1) is 0 Å². The lowest BCUT2D eigenvalue weighted by Gasteiger charge is -2.13. The van der Waals surface area contributed by atoms with Crippen molar-refractivity contribution < 1.29 is 14.9 Å². The highest BCUT2D eigenvalue weighted by atomic mass is 79.9. The maximum atomic E-state index is 9.54. The first-order valence-electron chi connectivity index (χ1n) is 4.86. The Balaban J connectivity index is 2.77. The SMILES string of the molecule is CC(O)c1cc(Br)ccc1OCCCO. The second-order valence-electron chi connectivity index (χ2n) is 3.28.